The highest BCUT2D eigenvalue weighted by Gasteiger charge is 1.98. The lowest BCUT2D eigenvalue weighted by Gasteiger charge is -2.15. The predicted molar refractivity (Wildman–Crippen MR) is 99.2 cm³/mol. The minimum atomic E-state index is 0.822. The third-order valence-corrected chi connectivity index (χ3v) is 4.12. The summed E-state index contributed by atoms with van der Waals surface area (Å²) in [5, 5.41) is 0. The fourth-order valence-corrected chi connectivity index (χ4v) is 2.70. The SMILES string of the molecule is CCCc1ccc(/C=C/CCN(C)CCCCCN)cc1C. The van der Waals surface area contributed by atoms with E-state index in [-0.39, 0.29) is 0 Å². The smallest absolute Gasteiger partial charge is 0.00130 e. The monoisotopic (exact) mass is 302 g/mol. The number of nitrogens with two attached hydrogens (primary N) is 1. The molecule has 124 valence electrons. The number of hydrogen-bond donors (Lipinski definition) is 1. The topological polar surface area (TPSA) is 29.3 Å². The van der Waals surface area contributed by atoms with Crippen LogP contribution in [-0.4, -0.2) is 31.6 Å². The second kappa shape index (κ2) is 11.4. The maximum Gasteiger partial charge on any atom is 0.00130 e. The Balaban J connectivity index is 2.29. The summed E-state index contributed by atoms with van der Waals surface area (Å²) in [5.74, 6) is 0. The van der Waals surface area contributed by atoms with E-state index in [9.17, 15) is 0 Å². The van der Waals surface area contributed by atoms with E-state index in [2.05, 4.69) is 56.1 Å². The largest absolute Gasteiger partial charge is 0.330 e. The summed E-state index contributed by atoms with van der Waals surface area (Å²) in [5.41, 5.74) is 9.74. The van der Waals surface area contributed by atoms with Crippen LogP contribution in [0.5, 0.6) is 0 Å². The minimum Gasteiger partial charge on any atom is -0.330 e. The van der Waals surface area contributed by atoms with Gasteiger partial charge in [0.25, 0.3) is 0 Å². The van der Waals surface area contributed by atoms with Crippen molar-refractivity contribution in [1.29, 1.82) is 0 Å². The van der Waals surface area contributed by atoms with Crippen LogP contribution in [0, 0.1) is 6.92 Å². The predicted octanol–water partition coefficient (Wildman–Crippen LogP) is 4.41. The molecule has 2 nitrogen and oxygen atoms in total. The van der Waals surface area contributed by atoms with Crippen LogP contribution in [0.2, 0.25) is 0 Å². The summed E-state index contributed by atoms with van der Waals surface area (Å²) in [7, 11) is 2.21. The van der Waals surface area contributed by atoms with E-state index in [0.717, 1.165) is 25.9 Å². The molecule has 0 amide bonds. The summed E-state index contributed by atoms with van der Waals surface area (Å²) < 4.78 is 0. The zero-order valence-electron chi connectivity index (χ0n) is 14.8. The first-order valence-electron chi connectivity index (χ1n) is 8.82. The molecule has 0 saturated heterocycles. The normalized spacial score (nSPS) is 11.7. The molecule has 0 atom stereocenters. The van der Waals surface area contributed by atoms with Crippen molar-refractivity contribution in [3.63, 3.8) is 0 Å². The van der Waals surface area contributed by atoms with Crippen LogP contribution < -0.4 is 5.73 Å². The fraction of sp³-hybridized carbons (Fsp3) is 0.600. The first kappa shape index (κ1) is 18.9. The van der Waals surface area contributed by atoms with Crippen molar-refractivity contribution >= 4 is 6.08 Å². The van der Waals surface area contributed by atoms with Crippen molar-refractivity contribution < 1.29 is 0 Å². The quantitative estimate of drug-likeness (QED) is 0.613. The molecule has 0 bridgehead atoms. The molecule has 1 aromatic carbocycles. The van der Waals surface area contributed by atoms with Gasteiger partial charge in [0.2, 0.25) is 0 Å². The molecule has 0 aromatic heterocycles. The molecule has 0 saturated carbocycles. The molecule has 1 rings (SSSR count). The molecule has 0 aliphatic rings. The molecule has 2 heteroatoms. The standard InChI is InChI=1S/C20H34N2/c1-4-10-20-13-12-19(17-18(20)2)11-6-9-16-22(3)15-8-5-7-14-21/h6,11-13,17H,4-5,7-10,14-16,21H2,1-3H3/b11-6+. The van der Waals surface area contributed by atoms with Gasteiger partial charge in [-0.15, -0.1) is 0 Å². The molecule has 0 aliphatic carbocycles. The Bertz CT molecular complexity index is 437. The summed E-state index contributed by atoms with van der Waals surface area (Å²) in [4.78, 5) is 2.41. The van der Waals surface area contributed by atoms with Gasteiger partial charge in [-0.05, 0) is 69.4 Å². The van der Waals surface area contributed by atoms with E-state index >= 15 is 0 Å². The molecule has 22 heavy (non-hydrogen) atoms. The average Bonchev–Trinajstić information content (AvgIpc) is 2.51. The van der Waals surface area contributed by atoms with Gasteiger partial charge in [0.15, 0.2) is 0 Å². The fourth-order valence-electron chi connectivity index (χ4n) is 2.70. The zero-order chi connectivity index (χ0) is 16.2. The molecule has 2 N–H and O–H groups in total. The van der Waals surface area contributed by atoms with Crippen LogP contribution in [-0.2, 0) is 6.42 Å². The first-order chi connectivity index (χ1) is 10.7. The Morgan fingerprint density at radius 3 is 2.64 bits per heavy atom. The second-order valence-electron chi connectivity index (χ2n) is 6.28. The molecule has 0 fully saturated rings. The van der Waals surface area contributed by atoms with Crippen molar-refractivity contribution in [3.05, 3.63) is 41.0 Å². The van der Waals surface area contributed by atoms with Crippen LogP contribution in [0.4, 0.5) is 0 Å². The van der Waals surface area contributed by atoms with Gasteiger partial charge in [-0.1, -0.05) is 50.1 Å². The maximum atomic E-state index is 5.51. The van der Waals surface area contributed by atoms with Gasteiger partial charge in [0.05, 0.1) is 0 Å². The summed E-state index contributed by atoms with van der Waals surface area (Å²) in [6.45, 7) is 7.59. The van der Waals surface area contributed by atoms with Gasteiger partial charge in [-0.25, -0.2) is 0 Å². The van der Waals surface area contributed by atoms with Crippen molar-refractivity contribution in [2.45, 2.75) is 52.4 Å². The lowest BCUT2D eigenvalue weighted by molar-refractivity contribution is 0.331. The Kier molecular flexibility index (Phi) is 9.85. The van der Waals surface area contributed by atoms with Gasteiger partial charge in [0, 0.05) is 6.54 Å². The molecule has 0 aliphatic heterocycles. The molecule has 0 radical (unpaired) electrons. The van der Waals surface area contributed by atoms with Crippen LogP contribution in [0.1, 0.15) is 55.7 Å². The van der Waals surface area contributed by atoms with Gasteiger partial charge in [-0.2, -0.15) is 0 Å². The highest BCUT2D eigenvalue weighted by molar-refractivity contribution is 5.51. The molecule has 1 aromatic rings. The number of hydrogen-bond acceptors (Lipinski definition) is 2. The van der Waals surface area contributed by atoms with E-state index < -0.39 is 0 Å². The van der Waals surface area contributed by atoms with Crippen LogP contribution >= 0.6 is 0 Å². The van der Waals surface area contributed by atoms with E-state index in [4.69, 9.17) is 5.73 Å². The molecule has 0 spiro atoms. The molecular weight excluding hydrogens is 268 g/mol. The van der Waals surface area contributed by atoms with Crippen LogP contribution in [0.15, 0.2) is 24.3 Å². The van der Waals surface area contributed by atoms with Crippen molar-refractivity contribution in [2.24, 2.45) is 5.73 Å². The van der Waals surface area contributed by atoms with Crippen molar-refractivity contribution in [1.82, 2.24) is 4.90 Å². The lowest BCUT2D eigenvalue weighted by atomic mass is 10.0. The summed E-state index contributed by atoms with van der Waals surface area (Å²) in [6, 6.07) is 6.82. The van der Waals surface area contributed by atoms with Crippen molar-refractivity contribution in [3.8, 4) is 0 Å². The number of benzene rings is 1. The molecular formula is C20H34N2. The van der Waals surface area contributed by atoms with E-state index in [1.165, 1.54) is 48.9 Å². The van der Waals surface area contributed by atoms with Crippen LogP contribution in [0.3, 0.4) is 0 Å². The summed E-state index contributed by atoms with van der Waals surface area (Å²) in [6.07, 6.45) is 11.7. The minimum absolute atomic E-state index is 0.822. The van der Waals surface area contributed by atoms with Gasteiger partial charge < -0.3 is 10.6 Å². The van der Waals surface area contributed by atoms with E-state index in [1.807, 2.05) is 0 Å². The second-order valence-corrected chi connectivity index (χ2v) is 6.28. The maximum absolute atomic E-state index is 5.51. The van der Waals surface area contributed by atoms with E-state index in [1.54, 1.807) is 0 Å². The molecule has 0 unspecified atom stereocenters. The van der Waals surface area contributed by atoms with Crippen LogP contribution in [0.25, 0.3) is 6.08 Å². The molecule has 0 heterocycles. The lowest BCUT2D eigenvalue weighted by Crippen LogP contribution is -2.20. The number of nitrogens with zero attached hydrogens (tertiary/aromatic N) is 1. The van der Waals surface area contributed by atoms with Gasteiger partial charge in [-0.3, -0.25) is 0 Å². The highest BCUT2D eigenvalue weighted by Crippen LogP contribution is 2.14. The Morgan fingerprint density at radius 2 is 1.95 bits per heavy atom. The van der Waals surface area contributed by atoms with Crippen molar-refractivity contribution in [2.75, 3.05) is 26.7 Å². The van der Waals surface area contributed by atoms with E-state index in [0.29, 0.717) is 0 Å². The average molecular weight is 303 g/mol. The number of aryl methyl sites for hydroxylation is 2. The Labute approximate surface area is 137 Å². The number of rotatable bonds is 11. The number of unbranched alkanes of at least 4 members (excludes halogenated alkanes) is 2. The van der Waals surface area contributed by atoms with Gasteiger partial charge in [0.1, 0.15) is 0 Å². The third kappa shape index (κ3) is 7.77. The zero-order valence-corrected chi connectivity index (χ0v) is 14.8. The highest BCUT2D eigenvalue weighted by atomic mass is 15.1. The first-order valence-corrected chi connectivity index (χ1v) is 8.82. The summed E-state index contributed by atoms with van der Waals surface area (Å²) >= 11 is 0. The van der Waals surface area contributed by atoms with Gasteiger partial charge >= 0.3 is 0 Å². The Morgan fingerprint density at radius 1 is 1.14 bits per heavy atom. The third-order valence-electron chi connectivity index (χ3n) is 4.12. The Hall–Kier alpha value is -1.12.